The van der Waals surface area contributed by atoms with Gasteiger partial charge in [-0.25, -0.2) is 14.3 Å². The molecule has 0 saturated heterocycles. The summed E-state index contributed by atoms with van der Waals surface area (Å²) in [5, 5.41) is 10.3. The standard InChI is InChI=1S/C17H22N2O2.C14H14N2O4.CO2.CH4/c1-17(2,3)10-19-14-8-7-12(11-5-6-11)9-13(14)15(18-19)16(20)21-4;1-19-14(18)13-11-6-10(9-2-3-9)4-5-12(11)16(15-13)7-20-8-17;2-1-3;/h7-9,11H,5-6,10H2,1-4H3;4-6,8-9H,2-3,7H2,1H3;;1H4. The summed E-state index contributed by atoms with van der Waals surface area (Å²) in [6.45, 7) is 7.58. The molecule has 0 spiro atoms. The fourth-order valence-electron chi connectivity index (χ4n) is 5.00. The zero-order valence-corrected chi connectivity index (χ0v) is 25.5. The largest absolute Gasteiger partial charge is 0.464 e. The number of carbonyl (C=O) groups excluding carboxylic acids is 5. The molecule has 0 radical (unpaired) electrons. The van der Waals surface area contributed by atoms with Crippen molar-refractivity contribution in [3.05, 3.63) is 58.9 Å². The summed E-state index contributed by atoms with van der Waals surface area (Å²) in [5.41, 5.74) is 5.05. The van der Waals surface area contributed by atoms with Crippen molar-refractivity contribution in [1.82, 2.24) is 19.6 Å². The molecule has 4 aromatic rings. The summed E-state index contributed by atoms with van der Waals surface area (Å²) in [6, 6.07) is 12.3. The maximum atomic E-state index is 12.0. The van der Waals surface area contributed by atoms with Gasteiger partial charge in [0, 0.05) is 17.3 Å². The molecule has 2 heterocycles. The number of ether oxygens (including phenoxy) is 3. The van der Waals surface area contributed by atoms with E-state index in [4.69, 9.17) is 23.8 Å². The lowest BCUT2D eigenvalue weighted by Gasteiger charge is -2.18. The summed E-state index contributed by atoms with van der Waals surface area (Å²) < 4.78 is 17.8. The first-order valence-electron chi connectivity index (χ1n) is 14.3. The molecule has 0 aliphatic heterocycles. The molecule has 0 unspecified atom stereocenters. The summed E-state index contributed by atoms with van der Waals surface area (Å²) in [6.07, 6.45) is 5.10. The van der Waals surface area contributed by atoms with E-state index in [2.05, 4.69) is 49.2 Å². The van der Waals surface area contributed by atoms with Crippen molar-refractivity contribution >= 4 is 46.4 Å². The Bertz CT molecular complexity index is 1700. The predicted octanol–water partition coefficient (Wildman–Crippen LogP) is 5.63. The second kappa shape index (κ2) is 14.8. The van der Waals surface area contributed by atoms with Crippen LogP contribution in [0.2, 0.25) is 0 Å². The first-order valence-corrected chi connectivity index (χ1v) is 14.3. The highest BCUT2D eigenvalue weighted by molar-refractivity contribution is 6.03. The van der Waals surface area contributed by atoms with E-state index in [1.807, 2.05) is 22.9 Å². The van der Waals surface area contributed by atoms with E-state index in [9.17, 15) is 14.4 Å². The molecule has 2 aliphatic rings. The number of esters is 2. The number of aromatic nitrogens is 4. The third-order valence-electron chi connectivity index (χ3n) is 7.29. The Kier molecular flexibility index (Phi) is 11.4. The highest BCUT2D eigenvalue weighted by Gasteiger charge is 2.27. The second-order valence-corrected chi connectivity index (χ2v) is 12.0. The number of nitrogens with zero attached hydrogens (tertiary/aromatic N) is 4. The lowest BCUT2D eigenvalue weighted by atomic mass is 9.97. The Hall–Kier alpha value is -4.83. The topological polar surface area (TPSA) is 149 Å². The van der Waals surface area contributed by atoms with Gasteiger partial charge in [-0.15, -0.1) is 0 Å². The minimum atomic E-state index is -0.493. The molecule has 0 bridgehead atoms. The van der Waals surface area contributed by atoms with Crippen molar-refractivity contribution < 1.29 is 38.2 Å². The first-order chi connectivity index (χ1) is 21.0. The number of hydrogen-bond acceptors (Lipinski definition) is 10. The van der Waals surface area contributed by atoms with Gasteiger partial charge in [-0.1, -0.05) is 40.3 Å². The highest BCUT2D eigenvalue weighted by Crippen LogP contribution is 2.42. The number of benzene rings is 2. The summed E-state index contributed by atoms with van der Waals surface area (Å²) in [5.74, 6) is 0.388. The van der Waals surface area contributed by atoms with Gasteiger partial charge in [0.25, 0.3) is 6.47 Å². The van der Waals surface area contributed by atoms with Gasteiger partial charge < -0.3 is 14.2 Å². The van der Waals surface area contributed by atoms with Crippen molar-refractivity contribution in [1.29, 1.82) is 0 Å². The smallest absolute Gasteiger partial charge is 0.373 e. The number of rotatable bonds is 8. The lowest BCUT2D eigenvalue weighted by molar-refractivity contribution is -0.191. The van der Waals surface area contributed by atoms with Crippen LogP contribution < -0.4 is 0 Å². The van der Waals surface area contributed by atoms with Gasteiger partial charge in [0.1, 0.15) is 0 Å². The van der Waals surface area contributed by atoms with Crippen molar-refractivity contribution in [2.75, 3.05) is 14.2 Å². The van der Waals surface area contributed by atoms with Gasteiger partial charge >= 0.3 is 18.1 Å². The number of fused-ring (bicyclic) bond motifs is 2. The zero-order chi connectivity index (χ0) is 32.0. The van der Waals surface area contributed by atoms with Crippen LogP contribution in [-0.2, 0) is 41.9 Å². The van der Waals surface area contributed by atoms with Gasteiger partial charge in [0.15, 0.2) is 18.1 Å². The third kappa shape index (κ3) is 8.42. The summed E-state index contributed by atoms with van der Waals surface area (Å²) in [4.78, 5) is 50.4. The van der Waals surface area contributed by atoms with E-state index >= 15 is 0 Å². The lowest BCUT2D eigenvalue weighted by Crippen LogP contribution is -2.17. The third-order valence-corrected chi connectivity index (χ3v) is 7.29. The Morgan fingerprint density at radius 1 is 0.844 bits per heavy atom. The summed E-state index contributed by atoms with van der Waals surface area (Å²) in [7, 11) is 2.72. The van der Waals surface area contributed by atoms with E-state index in [1.54, 1.807) is 0 Å². The molecule has 45 heavy (non-hydrogen) atoms. The Morgan fingerprint density at radius 3 is 1.64 bits per heavy atom. The van der Waals surface area contributed by atoms with Crippen LogP contribution in [0.3, 0.4) is 0 Å². The molecule has 6 rings (SSSR count). The molecule has 2 aromatic heterocycles. The molecule has 0 atom stereocenters. The van der Waals surface area contributed by atoms with E-state index < -0.39 is 5.97 Å². The van der Waals surface area contributed by atoms with Crippen molar-refractivity contribution in [3.63, 3.8) is 0 Å². The fraction of sp³-hybridized carbons (Fsp3) is 0.455. The molecule has 2 fully saturated rings. The zero-order valence-electron chi connectivity index (χ0n) is 25.5. The van der Waals surface area contributed by atoms with Crippen molar-refractivity contribution in [3.8, 4) is 0 Å². The normalized spacial score (nSPS) is 13.7. The Balaban J connectivity index is 0.000000222. The van der Waals surface area contributed by atoms with E-state index in [-0.39, 0.29) is 37.4 Å². The van der Waals surface area contributed by atoms with Crippen LogP contribution in [0.1, 0.15) is 97.8 Å². The molecule has 240 valence electrons. The van der Waals surface area contributed by atoms with Crippen LogP contribution >= 0.6 is 0 Å². The number of carbonyl (C=O) groups is 3. The second-order valence-electron chi connectivity index (χ2n) is 12.0. The summed E-state index contributed by atoms with van der Waals surface area (Å²) >= 11 is 0. The van der Waals surface area contributed by atoms with Crippen LogP contribution in [0.25, 0.3) is 21.8 Å². The van der Waals surface area contributed by atoms with Crippen LogP contribution in [0.5, 0.6) is 0 Å². The van der Waals surface area contributed by atoms with Crippen LogP contribution in [0.15, 0.2) is 36.4 Å². The fourth-order valence-corrected chi connectivity index (χ4v) is 5.00. The highest BCUT2D eigenvalue weighted by atomic mass is 16.5. The van der Waals surface area contributed by atoms with Crippen LogP contribution in [0, 0.1) is 5.41 Å². The molecule has 2 aromatic carbocycles. The van der Waals surface area contributed by atoms with E-state index in [0.29, 0.717) is 24.0 Å². The van der Waals surface area contributed by atoms with Gasteiger partial charge in [-0.2, -0.15) is 19.8 Å². The van der Waals surface area contributed by atoms with Gasteiger partial charge in [-0.05, 0) is 78.3 Å². The molecule has 2 aliphatic carbocycles. The van der Waals surface area contributed by atoms with Gasteiger partial charge in [-0.3, -0.25) is 9.48 Å². The molecule has 12 heteroatoms. The van der Waals surface area contributed by atoms with Crippen LogP contribution in [-0.4, -0.2) is 58.3 Å². The Morgan fingerprint density at radius 2 is 1.27 bits per heavy atom. The maximum Gasteiger partial charge on any atom is 0.373 e. The van der Waals surface area contributed by atoms with Crippen LogP contribution in [0.4, 0.5) is 0 Å². The molecular formula is C33H40N4O8. The quantitative estimate of drug-likeness (QED) is 0.138. The molecular weight excluding hydrogens is 580 g/mol. The number of hydrogen-bond donors (Lipinski definition) is 0. The molecule has 2 saturated carbocycles. The van der Waals surface area contributed by atoms with Crippen molar-refractivity contribution in [2.24, 2.45) is 5.41 Å². The average Bonchev–Trinajstić information content (AvgIpc) is 3.94. The van der Waals surface area contributed by atoms with E-state index in [0.717, 1.165) is 28.4 Å². The maximum absolute atomic E-state index is 12.0. The van der Waals surface area contributed by atoms with Gasteiger partial charge in [0.05, 0.1) is 25.3 Å². The predicted molar refractivity (Wildman–Crippen MR) is 164 cm³/mol. The minimum absolute atomic E-state index is 0. The van der Waals surface area contributed by atoms with E-state index in [1.165, 1.54) is 55.7 Å². The monoisotopic (exact) mass is 620 g/mol. The average molecular weight is 621 g/mol. The molecule has 0 N–H and O–H groups in total. The minimum Gasteiger partial charge on any atom is -0.464 e. The SMILES string of the molecule is C.COC(=O)c1nn(CC(C)(C)C)c2ccc(C3CC3)cc12.COC(=O)c1nn(COC=O)c2ccc(C3CC3)cc12.O=C=O. The van der Waals surface area contributed by atoms with Crippen molar-refractivity contribution in [2.45, 2.75) is 79.0 Å². The Labute approximate surface area is 261 Å². The first kappa shape index (κ1) is 34.7. The number of methoxy groups -OCH3 is 2. The van der Waals surface area contributed by atoms with Gasteiger partial charge in [0.2, 0.25) is 0 Å². The molecule has 12 nitrogen and oxygen atoms in total. The molecule has 0 amide bonds.